The van der Waals surface area contributed by atoms with E-state index in [1.165, 1.54) is 44.9 Å². The summed E-state index contributed by atoms with van der Waals surface area (Å²) in [7, 11) is -4.79. The molecule has 0 bridgehead atoms. The van der Waals surface area contributed by atoms with E-state index in [2.05, 4.69) is 118 Å². The van der Waals surface area contributed by atoms with Gasteiger partial charge in [0.05, 0.1) is 26.2 Å². The zero-order valence-corrected chi connectivity index (χ0v) is 45.5. The summed E-state index contributed by atoms with van der Waals surface area (Å²) in [6.45, 7) is 4.18. The first-order chi connectivity index (χ1) is 35.2. The minimum Gasteiger partial charge on any atom is -0.462 e. The van der Waals surface area contributed by atoms with E-state index in [0.29, 0.717) is 25.7 Å². The lowest BCUT2D eigenvalue weighted by Gasteiger charge is -2.21. The number of carbonyl (C=O) groups excluding carboxylic acids is 3. The first-order valence-electron chi connectivity index (χ1n) is 27.1. The number of phosphoric acid groups is 1. The van der Waals surface area contributed by atoms with E-state index in [4.69, 9.17) is 23.3 Å². The van der Waals surface area contributed by atoms with Crippen molar-refractivity contribution < 1.29 is 52.2 Å². The number of hydrogen-bond acceptors (Lipinski definition) is 10. The number of phosphoric ester groups is 1. The van der Waals surface area contributed by atoms with E-state index in [1.807, 2.05) is 30.4 Å². The van der Waals surface area contributed by atoms with Gasteiger partial charge in [0, 0.05) is 12.8 Å². The third-order valence-corrected chi connectivity index (χ3v) is 11.6. The van der Waals surface area contributed by atoms with Crippen LogP contribution in [0.25, 0.3) is 0 Å². The van der Waals surface area contributed by atoms with Gasteiger partial charge < -0.3 is 24.2 Å². The number of carbonyl (C=O) groups is 3. The van der Waals surface area contributed by atoms with Crippen LogP contribution in [0.3, 0.4) is 0 Å². The Hall–Kier alpha value is -4.38. The standard InChI is InChI=1S/C60H95O11P/c1-4-7-10-13-16-19-22-24-26-27-28-29-31-33-36-39-42-45-48-51-60(64)71-57(53-67-58(62)49-46-43-40-37-34-21-18-15-12-9-6-3)55-69-72(65,66)68-54-56(52-61)70-59(63)50-47-44-41-38-35-32-30-25-23-20-17-14-11-8-5-2/h7-8,10-11,16-17,19-20,24-26,28-30,33,35-36,38,42,44-45,47,56-57,61H,4-6,9,12-15,18,21-23,27,31-32,34,37,39-41,43,46,48-55H2,1-3H3,(H,65,66)/b10-7-,11-8-,19-16-,20-17-,26-24-,29-28-,30-25-,36-33-,38-35-,45-42-,47-44-. The van der Waals surface area contributed by atoms with Crippen molar-refractivity contribution in [1.82, 2.24) is 0 Å². The van der Waals surface area contributed by atoms with E-state index in [-0.39, 0.29) is 25.9 Å². The van der Waals surface area contributed by atoms with Crippen LogP contribution in [0.4, 0.5) is 0 Å². The van der Waals surface area contributed by atoms with Crippen molar-refractivity contribution in [2.24, 2.45) is 0 Å². The fraction of sp³-hybridized carbons (Fsp3) is 0.583. The van der Waals surface area contributed by atoms with Gasteiger partial charge in [-0.1, -0.05) is 219 Å². The predicted molar refractivity (Wildman–Crippen MR) is 297 cm³/mol. The van der Waals surface area contributed by atoms with Crippen LogP contribution in [0.2, 0.25) is 0 Å². The number of aliphatic hydroxyl groups is 1. The van der Waals surface area contributed by atoms with Crippen LogP contribution in [-0.4, -0.2) is 66.5 Å². The van der Waals surface area contributed by atoms with Gasteiger partial charge in [-0.05, 0) is 83.5 Å². The molecule has 0 fully saturated rings. The van der Waals surface area contributed by atoms with E-state index < -0.39 is 57.8 Å². The molecule has 0 aliphatic heterocycles. The highest BCUT2D eigenvalue weighted by Crippen LogP contribution is 2.43. The summed E-state index contributed by atoms with van der Waals surface area (Å²) >= 11 is 0. The molecule has 0 rings (SSSR count). The largest absolute Gasteiger partial charge is 0.472 e. The van der Waals surface area contributed by atoms with Crippen LogP contribution in [-0.2, 0) is 42.2 Å². The highest BCUT2D eigenvalue weighted by molar-refractivity contribution is 7.47. The van der Waals surface area contributed by atoms with Crippen molar-refractivity contribution in [2.45, 2.75) is 200 Å². The molecule has 0 heterocycles. The summed E-state index contributed by atoms with van der Waals surface area (Å²) in [5, 5.41) is 9.77. The van der Waals surface area contributed by atoms with E-state index in [0.717, 1.165) is 77.0 Å². The molecule has 0 aromatic rings. The summed E-state index contributed by atoms with van der Waals surface area (Å²) in [5.74, 6) is -1.72. The van der Waals surface area contributed by atoms with Crippen molar-refractivity contribution in [2.75, 3.05) is 26.4 Å². The molecular formula is C60H95O11P. The Morgan fingerprint density at radius 3 is 1.19 bits per heavy atom. The Morgan fingerprint density at radius 1 is 0.417 bits per heavy atom. The molecule has 11 nitrogen and oxygen atoms in total. The summed E-state index contributed by atoms with van der Waals surface area (Å²) < 4.78 is 39.2. The highest BCUT2D eigenvalue weighted by atomic mass is 31.2. The van der Waals surface area contributed by atoms with Gasteiger partial charge >= 0.3 is 25.7 Å². The number of ether oxygens (including phenoxy) is 3. The summed E-state index contributed by atoms with van der Waals surface area (Å²) in [6.07, 6.45) is 66.1. The molecule has 0 radical (unpaired) electrons. The molecule has 12 heteroatoms. The Bertz CT molecular complexity index is 1710. The fourth-order valence-corrected chi connectivity index (χ4v) is 7.36. The molecule has 0 spiro atoms. The van der Waals surface area contributed by atoms with Gasteiger partial charge in [-0.2, -0.15) is 0 Å². The van der Waals surface area contributed by atoms with Crippen molar-refractivity contribution in [3.8, 4) is 0 Å². The minimum absolute atomic E-state index is 0.0296. The second kappa shape index (κ2) is 52.9. The third kappa shape index (κ3) is 50.6. The predicted octanol–water partition coefficient (Wildman–Crippen LogP) is 15.8. The van der Waals surface area contributed by atoms with Crippen LogP contribution in [0.5, 0.6) is 0 Å². The fourth-order valence-electron chi connectivity index (χ4n) is 6.57. The maximum absolute atomic E-state index is 12.9. The lowest BCUT2D eigenvalue weighted by molar-refractivity contribution is -0.161. The smallest absolute Gasteiger partial charge is 0.462 e. The third-order valence-electron chi connectivity index (χ3n) is 10.6. The van der Waals surface area contributed by atoms with Gasteiger partial charge in [0.2, 0.25) is 0 Å². The Kier molecular flexibility index (Phi) is 49.7. The van der Waals surface area contributed by atoms with Gasteiger partial charge in [0.1, 0.15) is 12.7 Å². The summed E-state index contributed by atoms with van der Waals surface area (Å²) in [5.41, 5.74) is 0. The number of allylic oxidation sites excluding steroid dienone is 21. The van der Waals surface area contributed by atoms with Gasteiger partial charge in [0.15, 0.2) is 6.10 Å². The average molecular weight is 1020 g/mol. The number of aliphatic hydroxyl groups excluding tert-OH is 1. The second-order valence-electron chi connectivity index (χ2n) is 17.3. The normalized spacial score (nSPS) is 14.5. The van der Waals surface area contributed by atoms with Crippen LogP contribution in [0.15, 0.2) is 134 Å². The van der Waals surface area contributed by atoms with E-state index in [9.17, 15) is 28.9 Å². The molecule has 0 aliphatic rings. The molecule has 406 valence electrons. The van der Waals surface area contributed by atoms with E-state index >= 15 is 0 Å². The molecule has 0 saturated heterocycles. The number of rotatable bonds is 48. The zero-order chi connectivity index (χ0) is 52.7. The van der Waals surface area contributed by atoms with Gasteiger partial charge in [-0.15, -0.1) is 0 Å². The maximum Gasteiger partial charge on any atom is 0.472 e. The first-order valence-corrected chi connectivity index (χ1v) is 28.6. The van der Waals surface area contributed by atoms with Crippen molar-refractivity contribution in [3.63, 3.8) is 0 Å². The molecule has 0 amide bonds. The molecule has 0 aliphatic carbocycles. The molecule has 3 atom stereocenters. The number of hydrogen-bond donors (Lipinski definition) is 2. The topological polar surface area (TPSA) is 155 Å². The van der Waals surface area contributed by atoms with Crippen LogP contribution < -0.4 is 0 Å². The Labute approximate surface area is 436 Å². The lowest BCUT2D eigenvalue weighted by Crippen LogP contribution is -2.30. The Morgan fingerprint density at radius 2 is 0.778 bits per heavy atom. The monoisotopic (exact) mass is 1020 g/mol. The van der Waals surface area contributed by atoms with E-state index in [1.54, 1.807) is 6.08 Å². The average Bonchev–Trinajstić information content (AvgIpc) is 3.37. The van der Waals surface area contributed by atoms with Crippen molar-refractivity contribution in [3.05, 3.63) is 134 Å². The molecule has 0 aromatic heterocycles. The first kappa shape index (κ1) is 67.6. The summed E-state index contributed by atoms with van der Waals surface area (Å²) in [4.78, 5) is 48.3. The molecule has 3 unspecified atom stereocenters. The zero-order valence-electron chi connectivity index (χ0n) is 44.6. The Balaban J connectivity index is 4.93. The summed E-state index contributed by atoms with van der Waals surface area (Å²) in [6, 6.07) is 0. The van der Waals surface area contributed by atoms with Crippen LogP contribution >= 0.6 is 7.82 Å². The van der Waals surface area contributed by atoms with Gasteiger partial charge in [-0.25, -0.2) is 4.57 Å². The number of esters is 3. The van der Waals surface area contributed by atoms with Gasteiger partial charge in [0.25, 0.3) is 0 Å². The number of unbranched alkanes of at least 4 members (excludes halogenated alkanes) is 10. The maximum atomic E-state index is 12.9. The quantitative estimate of drug-likeness (QED) is 0.0197. The lowest BCUT2D eigenvalue weighted by atomic mass is 10.1. The second-order valence-corrected chi connectivity index (χ2v) is 18.8. The minimum atomic E-state index is -4.79. The molecule has 2 N–H and O–H groups in total. The van der Waals surface area contributed by atoms with Crippen molar-refractivity contribution in [1.29, 1.82) is 0 Å². The van der Waals surface area contributed by atoms with Crippen LogP contribution in [0, 0.1) is 0 Å². The molecule has 0 saturated carbocycles. The molecular weight excluding hydrogens is 928 g/mol. The van der Waals surface area contributed by atoms with Crippen LogP contribution in [0.1, 0.15) is 188 Å². The van der Waals surface area contributed by atoms with Crippen molar-refractivity contribution >= 4 is 25.7 Å². The van der Waals surface area contributed by atoms with Gasteiger partial charge in [-0.3, -0.25) is 23.4 Å². The molecule has 72 heavy (non-hydrogen) atoms. The molecule has 0 aromatic carbocycles. The highest BCUT2D eigenvalue weighted by Gasteiger charge is 2.28. The SMILES string of the molecule is CC/C=C\C/C=C\C/C=C\C/C=C\C/C=C\C/C=C\CCC(=O)OC(COC(=O)CCCCCCCCCCCCC)COP(=O)(O)OCC(CO)OC(=O)C/C=C\C/C=C\C/C=C\C/C=C\C/C=C\CC.